The Balaban J connectivity index is 2.37. The maximum atomic E-state index is 13.2. The van der Waals surface area contributed by atoms with E-state index in [-0.39, 0.29) is 0 Å². The first-order chi connectivity index (χ1) is 10.3. The summed E-state index contributed by atoms with van der Waals surface area (Å²) in [6.45, 7) is 7.35. The van der Waals surface area contributed by atoms with E-state index >= 15 is 0 Å². The highest BCUT2D eigenvalue weighted by Crippen LogP contribution is 2.28. The monoisotopic (exact) mass is 314 g/mol. The first kappa shape index (κ1) is 14.8. The van der Waals surface area contributed by atoms with Crippen molar-refractivity contribution >= 4 is 21.1 Å². The molecule has 3 rings (SSSR count). The number of para-hydroxylation sites is 2. The van der Waals surface area contributed by atoms with Gasteiger partial charge in [0.1, 0.15) is 5.82 Å². The smallest absolute Gasteiger partial charge is 0.232 e. The molecule has 0 aliphatic heterocycles. The molecule has 3 aromatic rings. The van der Waals surface area contributed by atoms with Crippen LogP contribution in [0.2, 0.25) is 0 Å². The number of fused-ring (bicyclic) bond motifs is 1. The standard InChI is InChI=1S/C17H18N2O2S/c1-11-9-12(2)17(13(3)10-11)22(20,21)19-14(4)18-15-7-5-6-8-16(15)19/h5-10H,1-4H3. The summed E-state index contributed by atoms with van der Waals surface area (Å²) in [7, 11) is -3.68. The lowest BCUT2D eigenvalue weighted by molar-refractivity contribution is 0.586. The first-order valence-electron chi connectivity index (χ1n) is 7.10. The molecule has 2 aromatic carbocycles. The van der Waals surface area contributed by atoms with Gasteiger partial charge >= 0.3 is 0 Å². The number of aryl methyl sites for hydroxylation is 4. The minimum atomic E-state index is -3.68. The molecule has 0 saturated carbocycles. The van der Waals surface area contributed by atoms with Gasteiger partial charge in [0, 0.05) is 0 Å². The second kappa shape index (κ2) is 4.95. The quantitative estimate of drug-likeness (QED) is 0.727. The highest BCUT2D eigenvalue weighted by atomic mass is 32.2. The Kier molecular flexibility index (Phi) is 3.33. The van der Waals surface area contributed by atoms with Gasteiger partial charge in [0.15, 0.2) is 0 Å². The number of benzene rings is 2. The largest absolute Gasteiger partial charge is 0.270 e. The van der Waals surface area contributed by atoms with E-state index in [0.717, 1.165) is 16.7 Å². The molecule has 0 spiro atoms. The average molecular weight is 314 g/mol. The van der Waals surface area contributed by atoms with Gasteiger partial charge in [-0.3, -0.25) is 0 Å². The van der Waals surface area contributed by atoms with E-state index in [2.05, 4.69) is 4.98 Å². The number of nitrogens with zero attached hydrogens (tertiary/aromatic N) is 2. The fourth-order valence-corrected chi connectivity index (χ4v) is 5.01. The van der Waals surface area contributed by atoms with Crippen LogP contribution in [0, 0.1) is 27.7 Å². The summed E-state index contributed by atoms with van der Waals surface area (Å²) in [5.41, 5.74) is 3.87. The predicted molar refractivity (Wildman–Crippen MR) is 87.7 cm³/mol. The molecule has 4 nitrogen and oxygen atoms in total. The van der Waals surface area contributed by atoms with E-state index in [1.54, 1.807) is 13.0 Å². The molecule has 0 bridgehead atoms. The lowest BCUT2D eigenvalue weighted by atomic mass is 10.1. The van der Waals surface area contributed by atoms with Crippen molar-refractivity contribution in [3.05, 3.63) is 58.9 Å². The maximum Gasteiger partial charge on any atom is 0.270 e. The number of hydrogen-bond acceptors (Lipinski definition) is 3. The van der Waals surface area contributed by atoms with Crippen LogP contribution in [0.25, 0.3) is 11.0 Å². The highest BCUT2D eigenvalue weighted by Gasteiger charge is 2.25. The summed E-state index contributed by atoms with van der Waals surface area (Å²) in [6.07, 6.45) is 0. The first-order valence-corrected chi connectivity index (χ1v) is 8.54. The van der Waals surface area contributed by atoms with Crippen LogP contribution in [-0.4, -0.2) is 17.4 Å². The fraction of sp³-hybridized carbons (Fsp3) is 0.235. The SMILES string of the molecule is Cc1cc(C)c(S(=O)(=O)n2c(C)nc3ccccc32)c(C)c1. The Morgan fingerprint density at radius 1 is 0.955 bits per heavy atom. The Hall–Kier alpha value is -2.14. The molecule has 5 heteroatoms. The molecule has 0 N–H and O–H groups in total. The lowest BCUT2D eigenvalue weighted by Gasteiger charge is -2.14. The third-order valence-electron chi connectivity index (χ3n) is 3.78. The van der Waals surface area contributed by atoms with Crippen LogP contribution in [0.1, 0.15) is 22.5 Å². The van der Waals surface area contributed by atoms with Gasteiger partial charge in [0.2, 0.25) is 0 Å². The van der Waals surface area contributed by atoms with Crippen molar-refractivity contribution < 1.29 is 8.42 Å². The predicted octanol–water partition coefficient (Wildman–Crippen LogP) is 3.51. The molecule has 114 valence electrons. The van der Waals surface area contributed by atoms with Gasteiger partial charge in [0.05, 0.1) is 15.9 Å². The van der Waals surface area contributed by atoms with Crippen molar-refractivity contribution in [2.45, 2.75) is 32.6 Å². The summed E-state index contributed by atoms with van der Waals surface area (Å²) in [4.78, 5) is 4.73. The molecule has 0 saturated heterocycles. The zero-order chi connectivity index (χ0) is 16.1. The lowest BCUT2D eigenvalue weighted by Crippen LogP contribution is -2.17. The van der Waals surface area contributed by atoms with Gasteiger partial charge in [-0.1, -0.05) is 29.8 Å². The molecule has 1 heterocycles. The van der Waals surface area contributed by atoms with Crippen LogP contribution in [-0.2, 0) is 10.0 Å². The van der Waals surface area contributed by atoms with Crippen LogP contribution in [0.15, 0.2) is 41.3 Å². The minimum Gasteiger partial charge on any atom is -0.232 e. The zero-order valence-corrected chi connectivity index (χ0v) is 13.9. The van der Waals surface area contributed by atoms with Crippen molar-refractivity contribution in [3.8, 4) is 0 Å². The van der Waals surface area contributed by atoms with Crippen LogP contribution < -0.4 is 0 Å². The summed E-state index contributed by atoms with van der Waals surface area (Å²) in [5, 5.41) is 0. The van der Waals surface area contributed by atoms with Crippen LogP contribution in [0.5, 0.6) is 0 Å². The molecule has 0 aliphatic rings. The normalized spacial score (nSPS) is 12.0. The van der Waals surface area contributed by atoms with E-state index in [9.17, 15) is 8.42 Å². The molecule has 0 radical (unpaired) electrons. The molecule has 22 heavy (non-hydrogen) atoms. The summed E-state index contributed by atoms with van der Waals surface area (Å²) < 4.78 is 27.8. The van der Waals surface area contributed by atoms with Crippen molar-refractivity contribution in [3.63, 3.8) is 0 Å². The number of hydrogen-bond donors (Lipinski definition) is 0. The molecule has 0 unspecified atom stereocenters. The minimum absolute atomic E-state index is 0.365. The van der Waals surface area contributed by atoms with Crippen molar-refractivity contribution in [1.82, 2.24) is 8.96 Å². The van der Waals surface area contributed by atoms with Gasteiger partial charge in [-0.25, -0.2) is 17.4 Å². The summed E-state index contributed by atoms with van der Waals surface area (Å²) >= 11 is 0. The molecule has 0 aliphatic carbocycles. The Morgan fingerprint density at radius 2 is 1.55 bits per heavy atom. The van der Waals surface area contributed by atoms with E-state index in [1.807, 2.05) is 51.1 Å². The second-order valence-electron chi connectivity index (χ2n) is 5.65. The van der Waals surface area contributed by atoms with E-state index in [4.69, 9.17) is 0 Å². The number of rotatable bonds is 2. The van der Waals surface area contributed by atoms with Crippen molar-refractivity contribution in [2.75, 3.05) is 0 Å². The van der Waals surface area contributed by atoms with Crippen LogP contribution >= 0.6 is 0 Å². The average Bonchev–Trinajstić information content (AvgIpc) is 2.73. The topological polar surface area (TPSA) is 52.0 Å². The van der Waals surface area contributed by atoms with Crippen LogP contribution in [0.3, 0.4) is 0 Å². The number of aromatic nitrogens is 2. The van der Waals surface area contributed by atoms with Crippen LogP contribution in [0.4, 0.5) is 0 Å². The maximum absolute atomic E-state index is 13.2. The number of imidazole rings is 1. The second-order valence-corrected chi connectivity index (χ2v) is 7.37. The molecule has 0 atom stereocenters. The van der Waals surface area contributed by atoms with Gasteiger partial charge in [-0.2, -0.15) is 0 Å². The van der Waals surface area contributed by atoms with Gasteiger partial charge in [-0.15, -0.1) is 0 Å². The zero-order valence-electron chi connectivity index (χ0n) is 13.1. The van der Waals surface area contributed by atoms with E-state index in [0.29, 0.717) is 21.8 Å². The fourth-order valence-electron chi connectivity index (χ4n) is 3.09. The summed E-state index contributed by atoms with van der Waals surface area (Å²) in [5.74, 6) is 0.473. The Labute approximate surface area is 130 Å². The third kappa shape index (κ3) is 2.13. The van der Waals surface area contributed by atoms with E-state index < -0.39 is 10.0 Å². The van der Waals surface area contributed by atoms with E-state index in [1.165, 1.54) is 3.97 Å². The van der Waals surface area contributed by atoms with Crippen molar-refractivity contribution in [1.29, 1.82) is 0 Å². The Morgan fingerprint density at radius 3 is 2.18 bits per heavy atom. The molecule has 0 amide bonds. The molecular weight excluding hydrogens is 296 g/mol. The molecular formula is C17H18N2O2S. The van der Waals surface area contributed by atoms with Gasteiger partial charge in [0.25, 0.3) is 10.0 Å². The van der Waals surface area contributed by atoms with Gasteiger partial charge < -0.3 is 0 Å². The van der Waals surface area contributed by atoms with Crippen molar-refractivity contribution in [2.24, 2.45) is 0 Å². The highest BCUT2D eigenvalue weighted by molar-refractivity contribution is 7.90. The molecule has 1 aromatic heterocycles. The summed E-state index contributed by atoms with van der Waals surface area (Å²) in [6, 6.07) is 11.1. The molecule has 0 fully saturated rings. The van der Waals surface area contributed by atoms with Gasteiger partial charge in [-0.05, 0) is 51.0 Å². The Bertz CT molecular complexity index is 962. The third-order valence-corrected chi connectivity index (χ3v) is 5.88.